The van der Waals surface area contributed by atoms with Gasteiger partial charge in [-0.1, -0.05) is 18.2 Å². The minimum atomic E-state index is -1.25. The zero-order chi connectivity index (χ0) is 12.3. The topological polar surface area (TPSA) is 110 Å². The lowest BCUT2D eigenvalue weighted by Crippen LogP contribution is -2.40. The van der Waals surface area contributed by atoms with Gasteiger partial charge < -0.3 is 20.7 Å². The molecular weight excluding hydrogens is 214 g/mol. The Morgan fingerprint density at radius 3 is 2.75 bits per heavy atom. The Hall–Kier alpha value is -1.66. The molecule has 0 bridgehead atoms. The number of hydrogen-bond donors (Lipinski definition) is 3. The number of aliphatic hydroxyl groups is 1. The van der Waals surface area contributed by atoms with Crippen LogP contribution in [0.1, 0.15) is 6.92 Å². The number of aliphatic carboxylic acids is 1. The number of nitrogens with two attached hydrogens (primary N) is 1. The first-order chi connectivity index (χ1) is 7.43. The van der Waals surface area contributed by atoms with Crippen molar-refractivity contribution < 1.29 is 24.5 Å². The van der Waals surface area contributed by atoms with Crippen LogP contribution in [0.15, 0.2) is 23.8 Å². The third kappa shape index (κ3) is 2.68. The predicted molar refractivity (Wildman–Crippen MR) is 54.4 cm³/mol. The highest BCUT2D eigenvalue weighted by atomic mass is 16.6. The van der Waals surface area contributed by atoms with Crippen molar-refractivity contribution in [2.75, 3.05) is 0 Å². The number of ether oxygens (including phenoxy) is 1. The lowest BCUT2D eigenvalue weighted by molar-refractivity contribution is -0.160. The fourth-order valence-electron chi connectivity index (χ4n) is 1.17. The first-order valence-corrected chi connectivity index (χ1v) is 4.69. The van der Waals surface area contributed by atoms with Gasteiger partial charge in [0.2, 0.25) is 0 Å². The van der Waals surface area contributed by atoms with Crippen LogP contribution in [-0.4, -0.2) is 40.4 Å². The summed E-state index contributed by atoms with van der Waals surface area (Å²) in [6.07, 6.45) is 2.09. The molecule has 0 aromatic carbocycles. The lowest BCUT2D eigenvalue weighted by atomic mass is 9.97. The number of aliphatic hydroxyl groups excluding tert-OH is 1. The van der Waals surface area contributed by atoms with Crippen LogP contribution in [0.25, 0.3) is 0 Å². The van der Waals surface area contributed by atoms with Crippen LogP contribution >= 0.6 is 0 Å². The largest absolute Gasteiger partial charge is 0.479 e. The molecule has 1 rings (SSSR count). The molecule has 16 heavy (non-hydrogen) atoms. The summed E-state index contributed by atoms with van der Waals surface area (Å²) in [4.78, 5) is 22.0. The summed E-state index contributed by atoms with van der Waals surface area (Å²) in [6, 6.07) is -0.890. The van der Waals surface area contributed by atoms with Gasteiger partial charge in [0.25, 0.3) is 0 Å². The van der Waals surface area contributed by atoms with Crippen LogP contribution in [0, 0.1) is 0 Å². The average molecular weight is 227 g/mol. The van der Waals surface area contributed by atoms with E-state index in [0.717, 1.165) is 0 Å². The van der Waals surface area contributed by atoms with Gasteiger partial charge >= 0.3 is 11.9 Å². The molecule has 0 amide bonds. The Balaban J connectivity index is 2.71. The summed E-state index contributed by atoms with van der Waals surface area (Å²) in [5.41, 5.74) is 5.62. The Morgan fingerprint density at radius 1 is 1.56 bits per heavy atom. The van der Waals surface area contributed by atoms with E-state index >= 15 is 0 Å². The van der Waals surface area contributed by atoms with E-state index in [0.29, 0.717) is 0 Å². The van der Waals surface area contributed by atoms with E-state index < -0.39 is 30.2 Å². The molecule has 0 aromatic rings. The van der Waals surface area contributed by atoms with Gasteiger partial charge in [-0.3, -0.25) is 0 Å². The van der Waals surface area contributed by atoms with E-state index in [4.69, 9.17) is 10.8 Å². The van der Waals surface area contributed by atoms with E-state index in [2.05, 4.69) is 4.74 Å². The molecule has 0 saturated carbocycles. The van der Waals surface area contributed by atoms with Crippen molar-refractivity contribution in [3.05, 3.63) is 23.8 Å². The van der Waals surface area contributed by atoms with Crippen LogP contribution in [0.5, 0.6) is 0 Å². The van der Waals surface area contributed by atoms with Gasteiger partial charge in [-0.2, -0.15) is 0 Å². The van der Waals surface area contributed by atoms with E-state index in [9.17, 15) is 14.7 Å². The van der Waals surface area contributed by atoms with Crippen LogP contribution < -0.4 is 5.73 Å². The maximum absolute atomic E-state index is 11.5. The minimum absolute atomic E-state index is 0.0584. The van der Waals surface area contributed by atoms with Crippen LogP contribution in [0.4, 0.5) is 0 Å². The summed E-state index contributed by atoms with van der Waals surface area (Å²) in [5, 5.41) is 17.9. The maximum atomic E-state index is 11.5. The van der Waals surface area contributed by atoms with Gasteiger partial charge in [-0.15, -0.1) is 0 Å². The van der Waals surface area contributed by atoms with Crippen LogP contribution in [0.3, 0.4) is 0 Å². The molecule has 0 radical (unpaired) electrons. The van der Waals surface area contributed by atoms with Gasteiger partial charge in [0.1, 0.15) is 0 Å². The second-order valence-corrected chi connectivity index (χ2v) is 3.41. The van der Waals surface area contributed by atoms with Crippen molar-refractivity contribution in [3.8, 4) is 0 Å². The van der Waals surface area contributed by atoms with E-state index in [1.54, 1.807) is 0 Å². The smallest absolute Gasteiger partial charge is 0.344 e. The van der Waals surface area contributed by atoms with Gasteiger partial charge in [0, 0.05) is 0 Å². The summed E-state index contributed by atoms with van der Waals surface area (Å²) < 4.78 is 4.64. The molecular formula is C10H13NO5. The first kappa shape index (κ1) is 12.4. The zero-order valence-electron chi connectivity index (χ0n) is 8.66. The second kappa shape index (κ2) is 4.91. The maximum Gasteiger partial charge on any atom is 0.344 e. The number of rotatable bonds is 3. The van der Waals surface area contributed by atoms with E-state index in [1.165, 1.54) is 25.2 Å². The molecule has 1 aliphatic carbocycles. The molecule has 88 valence electrons. The Morgan fingerprint density at radius 2 is 2.19 bits per heavy atom. The lowest BCUT2D eigenvalue weighted by Gasteiger charge is -2.21. The van der Waals surface area contributed by atoms with Gasteiger partial charge in [-0.25, -0.2) is 9.59 Å². The summed E-state index contributed by atoms with van der Waals surface area (Å²) in [6.45, 7) is 1.24. The summed E-state index contributed by atoms with van der Waals surface area (Å²) in [5.74, 6) is -2.07. The Labute approximate surface area is 92.0 Å². The molecule has 6 nitrogen and oxygen atoms in total. The molecule has 0 unspecified atom stereocenters. The third-order valence-electron chi connectivity index (χ3n) is 2.18. The van der Waals surface area contributed by atoms with Crippen molar-refractivity contribution in [3.63, 3.8) is 0 Å². The fraction of sp³-hybridized carbons (Fsp3) is 0.400. The predicted octanol–water partition coefficient (Wildman–Crippen LogP) is -0.813. The quantitative estimate of drug-likeness (QED) is 0.544. The standard InChI is InChI=1S/C10H13NO5/c1-5(9(13)14)16-10(15)6-3-2-4-7(12)8(6)11/h2-5,7-8,12H,11H2,1H3,(H,13,14)/t5-,7+,8+/m0/s1. The van der Waals surface area contributed by atoms with Crippen LogP contribution in [-0.2, 0) is 14.3 Å². The zero-order valence-corrected chi connectivity index (χ0v) is 8.66. The van der Waals surface area contributed by atoms with Crippen molar-refractivity contribution in [1.29, 1.82) is 0 Å². The van der Waals surface area contributed by atoms with Crippen molar-refractivity contribution in [2.24, 2.45) is 5.73 Å². The van der Waals surface area contributed by atoms with Gasteiger partial charge in [0.05, 0.1) is 17.7 Å². The van der Waals surface area contributed by atoms with E-state index in [1.807, 2.05) is 0 Å². The number of carbonyl (C=O) groups is 2. The molecule has 0 aromatic heterocycles. The molecule has 1 aliphatic rings. The van der Waals surface area contributed by atoms with Crippen molar-refractivity contribution >= 4 is 11.9 Å². The van der Waals surface area contributed by atoms with E-state index in [-0.39, 0.29) is 5.57 Å². The monoisotopic (exact) mass is 227 g/mol. The number of esters is 1. The molecule has 0 aliphatic heterocycles. The summed E-state index contributed by atoms with van der Waals surface area (Å²) in [7, 11) is 0. The molecule has 3 atom stereocenters. The fourth-order valence-corrected chi connectivity index (χ4v) is 1.17. The highest BCUT2D eigenvalue weighted by molar-refractivity contribution is 5.92. The Kier molecular flexibility index (Phi) is 3.81. The first-order valence-electron chi connectivity index (χ1n) is 4.69. The van der Waals surface area contributed by atoms with Gasteiger partial charge in [-0.05, 0) is 6.92 Å². The second-order valence-electron chi connectivity index (χ2n) is 3.41. The number of carbonyl (C=O) groups excluding carboxylic acids is 1. The highest BCUT2D eigenvalue weighted by Gasteiger charge is 2.28. The number of carboxylic acids is 1. The molecule has 0 heterocycles. The van der Waals surface area contributed by atoms with Crippen molar-refractivity contribution in [1.82, 2.24) is 0 Å². The summed E-state index contributed by atoms with van der Waals surface area (Å²) >= 11 is 0. The molecule has 0 spiro atoms. The minimum Gasteiger partial charge on any atom is -0.479 e. The van der Waals surface area contributed by atoms with Crippen molar-refractivity contribution in [2.45, 2.75) is 25.2 Å². The average Bonchev–Trinajstić information content (AvgIpc) is 2.21. The highest BCUT2D eigenvalue weighted by Crippen LogP contribution is 2.14. The third-order valence-corrected chi connectivity index (χ3v) is 2.18. The molecule has 6 heteroatoms. The van der Waals surface area contributed by atoms with Gasteiger partial charge in [0.15, 0.2) is 6.10 Å². The normalized spacial score (nSPS) is 25.8. The number of allylic oxidation sites excluding steroid dienone is 2. The number of hydrogen-bond acceptors (Lipinski definition) is 5. The SMILES string of the molecule is C[C@H](OC(=O)C1=CC=C[C@@H](O)[C@@H]1N)C(=O)O. The molecule has 4 N–H and O–H groups in total. The number of carboxylic acid groups (broad SMARTS) is 1. The Bertz CT molecular complexity index is 360. The molecule has 0 saturated heterocycles. The van der Waals surface area contributed by atoms with Crippen LogP contribution in [0.2, 0.25) is 0 Å². The molecule has 0 fully saturated rings.